The van der Waals surface area contributed by atoms with Crippen molar-refractivity contribution >= 4 is 23.1 Å². The van der Waals surface area contributed by atoms with Crippen molar-refractivity contribution in [3.63, 3.8) is 0 Å². The van der Waals surface area contributed by atoms with E-state index in [1.807, 2.05) is 4.90 Å². The zero-order valence-electron chi connectivity index (χ0n) is 12.3. The van der Waals surface area contributed by atoms with E-state index < -0.39 is 0 Å². The Morgan fingerprint density at radius 3 is 2.62 bits per heavy atom. The predicted octanol–water partition coefficient (Wildman–Crippen LogP) is 1.98. The molecule has 2 N–H and O–H groups in total. The van der Waals surface area contributed by atoms with Gasteiger partial charge < -0.3 is 20.1 Å². The Morgan fingerprint density at radius 1 is 1.38 bits per heavy atom. The van der Waals surface area contributed by atoms with Crippen LogP contribution >= 0.6 is 12.2 Å². The van der Waals surface area contributed by atoms with Gasteiger partial charge in [-0.25, -0.2) is 0 Å². The quantitative estimate of drug-likeness (QED) is 0.780. The molecule has 0 radical (unpaired) electrons. The number of thiocarbonyl (C=S) groups is 1. The summed E-state index contributed by atoms with van der Waals surface area (Å²) in [4.78, 5) is 15.0. The largest absolute Gasteiger partial charge is 0.497 e. The summed E-state index contributed by atoms with van der Waals surface area (Å²) in [5.41, 5.74) is 6.06. The Kier molecular flexibility index (Phi) is 5.01. The Morgan fingerprint density at radius 2 is 2.10 bits per heavy atom. The maximum Gasteiger partial charge on any atom is 0.258 e. The van der Waals surface area contributed by atoms with Gasteiger partial charge in [-0.1, -0.05) is 12.2 Å². The minimum Gasteiger partial charge on any atom is -0.497 e. The molecule has 0 saturated heterocycles. The molecular formula is C15H20N2O3S. The summed E-state index contributed by atoms with van der Waals surface area (Å²) in [6.45, 7) is 0.541. The lowest BCUT2D eigenvalue weighted by Gasteiger charge is -2.23. The highest BCUT2D eigenvalue weighted by Crippen LogP contribution is 2.31. The third kappa shape index (κ3) is 3.85. The van der Waals surface area contributed by atoms with Crippen molar-refractivity contribution in [3.8, 4) is 11.5 Å². The standard InChI is InChI=1S/C15H20N2O3S/c1-19-11-5-6-13(20-2)12(9-11)15(18)17(10-3-4-10)8-7-14(16)21/h5-6,9-10H,3-4,7-8H2,1-2H3,(H2,16,21). The number of rotatable bonds is 7. The van der Waals surface area contributed by atoms with E-state index >= 15 is 0 Å². The van der Waals surface area contributed by atoms with Crippen LogP contribution in [0.15, 0.2) is 18.2 Å². The number of amides is 1. The van der Waals surface area contributed by atoms with E-state index in [9.17, 15) is 4.79 Å². The van der Waals surface area contributed by atoms with Gasteiger partial charge in [0.25, 0.3) is 5.91 Å². The van der Waals surface area contributed by atoms with Crippen molar-refractivity contribution in [2.24, 2.45) is 5.73 Å². The first-order valence-electron chi connectivity index (χ1n) is 6.88. The lowest BCUT2D eigenvalue weighted by molar-refractivity contribution is 0.0744. The van der Waals surface area contributed by atoms with Crippen LogP contribution in [0.4, 0.5) is 0 Å². The summed E-state index contributed by atoms with van der Waals surface area (Å²) in [7, 11) is 3.12. The van der Waals surface area contributed by atoms with E-state index in [1.165, 1.54) is 0 Å². The second-order valence-electron chi connectivity index (χ2n) is 5.01. The van der Waals surface area contributed by atoms with E-state index in [2.05, 4.69) is 0 Å². The summed E-state index contributed by atoms with van der Waals surface area (Å²) in [5, 5.41) is 0. The number of carbonyl (C=O) groups is 1. The molecule has 0 atom stereocenters. The summed E-state index contributed by atoms with van der Waals surface area (Å²) in [6.07, 6.45) is 2.58. The lowest BCUT2D eigenvalue weighted by Crippen LogP contribution is -2.35. The van der Waals surface area contributed by atoms with E-state index in [1.54, 1.807) is 32.4 Å². The average Bonchev–Trinajstić information content (AvgIpc) is 3.31. The van der Waals surface area contributed by atoms with E-state index in [-0.39, 0.29) is 11.9 Å². The van der Waals surface area contributed by atoms with Gasteiger partial charge in [-0.15, -0.1) is 0 Å². The van der Waals surface area contributed by atoms with Gasteiger partial charge >= 0.3 is 0 Å². The fourth-order valence-corrected chi connectivity index (χ4v) is 2.29. The molecule has 6 heteroatoms. The van der Waals surface area contributed by atoms with Gasteiger partial charge in [-0.3, -0.25) is 4.79 Å². The van der Waals surface area contributed by atoms with Gasteiger partial charge in [0.1, 0.15) is 11.5 Å². The molecule has 0 spiro atoms. The molecule has 0 unspecified atom stereocenters. The van der Waals surface area contributed by atoms with Crippen LogP contribution in [0.3, 0.4) is 0 Å². The van der Waals surface area contributed by atoms with Crippen LogP contribution in [0.1, 0.15) is 29.6 Å². The van der Waals surface area contributed by atoms with Crippen molar-refractivity contribution in [1.82, 2.24) is 4.90 Å². The number of nitrogens with zero attached hydrogens (tertiary/aromatic N) is 1. The van der Waals surface area contributed by atoms with Crippen molar-refractivity contribution < 1.29 is 14.3 Å². The normalized spacial score (nSPS) is 13.6. The molecule has 114 valence electrons. The van der Waals surface area contributed by atoms with Crippen LogP contribution in [-0.2, 0) is 0 Å². The zero-order valence-corrected chi connectivity index (χ0v) is 13.1. The Hall–Kier alpha value is -1.82. The highest BCUT2D eigenvalue weighted by Gasteiger charge is 2.34. The highest BCUT2D eigenvalue weighted by molar-refractivity contribution is 7.80. The maximum absolute atomic E-state index is 12.8. The van der Waals surface area contributed by atoms with Crippen LogP contribution in [0.5, 0.6) is 11.5 Å². The molecule has 0 aromatic heterocycles. The molecule has 2 rings (SSSR count). The SMILES string of the molecule is COc1ccc(OC)c(C(=O)N(CCC(N)=S)C2CC2)c1. The van der Waals surface area contributed by atoms with Gasteiger partial charge in [-0.2, -0.15) is 0 Å². The van der Waals surface area contributed by atoms with Gasteiger partial charge in [0, 0.05) is 19.0 Å². The molecule has 0 bridgehead atoms. The Bertz CT molecular complexity index is 544. The maximum atomic E-state index is 12.8. The van der Waals surface area contributed by atoms with E-state index in [0.717, 1.165) is 12.8 Å². The first-order chi connectivity index (χ1) is 10.1. The van der Waals surface area contributed by atoms with Gasteiger partial charge in [0.2, 0.25) is 0 Å². The molecule has 21 heavy (non-hydrogen) atoms. The molecule has 0 heterocycles. The first-order valence-corrected chi connectivity index (χ1v) is 7.29. The fourth-order valence-electron chi connectivity index (χ4n) is 2.20. The van der Waals surface area contributed by atoms with Gasteiger partial charge in [0.05, 0.1) is 24.8 Å². The van der Waals surface area contributed by atoms with E-state index in [0.29, 0.717) is 35.0 Å². The molecular weight excluding hydrogens is 288 g/mol. The predicted molar refractivity (Wildman–Crippen MR) is 85.0 cm³/mol. The smallest absolute Gasteiger partial charge is 0.258 e. The fraction of sp³-hybridized carbons (Fsp3) is 0.467. The molecule has 1 fully saturated rings. The molecule has 5 nitrogen and oxygen atoms in total. The minimum atomic E-state index is -0.0653. The van der Waals surface area contributed by atoms with Crippen molar-refractivity contribution in [1.29, 1.82) is 0 Å². The van der Waals surface area contributed by atoms with Crippen LogP contribution in [0.25, 0.3) is 0 Å². The summed E-state index contributed by atoms with van der Waals surface area (Å²) in [5.74, 6) is 1.11. The number of nitrogens with two attached hydrogens (primary N) is 1. The van der Waals surface area contributed by atoms with Crippen LogP contribution < -0.4 is 15.2 Å². The first kappa shape index (κ1) is 15.6. The number of benzene rings is 1. The lowest BCUT2D eigenvalue weighted by atomic mass is 10.1. The summed E-state index contributed by atoms with van der Waals surface area (Å²) < 4.78 is 10.5. The van der Waals surface area contributed by atoms with Crippen LogP contribution in [0, 0.1) is 0 Å². The second-order valence-corrected chi connectivity index (χ2v) is 5.54. The van der Waals surface area contributed by atoms with Crippen molar-refractivity contribution in [2.45, 2.75) is 25.3 Å². The molecule has 1 amide bonds. The monoisotopic (exact) mass is 308 g/mol. The van der Waals surface area contributed by atoms with Gasteiger partial charge in [-0.05, 0) is 31.0 Å². The number of carbonyl (C=O) groups excluding carboxylic acids is 1. The number of hydrogen-bond donors (Lipinski definition) is 1. The van der Waals surface area contributed by atoms with Crippen molar-refractivity contribution in [3.05, 3.63) is 23.8 Å². The minimum absolute atomic E-state index is 0.0653. The highest BCUT2D eigenvalue weighted by atomic mass is 32.1. The third-order valence-corrected chi connectivity index (χ3v) is 3.69. The van der Waals surface area contributed by atoms with Gasteiger partial charge in [0.15, 0.2) is 0 Å². The van der Waals surface area contributed by atoms with Crippen LogP contribution in [0.2, 0.25) is 0 Å². The second kappa shape index (κ2) is 6.76. The molecule has 1 aromatic carbocycles. The molecule has 1 aliphatic carbocycles. The number of ether oxygens (including phenoxy) is 2. The molecule has 1 aliphatic rings. The van der Waals surface area contributed by atoms with Crippen molar-refractivity contribution in [2.75, 3.05) is 20.8 Å². The summed E-state index contributed by atoms with van der Waals surface area (Å²) in [6, 6.07) is 5.50. The Labute approximate surface area is 130 Å². The zero-order chi connectivity index (χ0) is 15.4. The molecule has 1 aromatic rings. The van der Waals surface area contributed by atoms with Crippen LogP contribution in [-0.4, -0.2) is 42.6 Å². The molecule has 0 aliphatic heterocycles. The summed E-state index contributed by atoms with van der Waals surface area (Å²) >= 11 is 4.91. The number of hydrogen-bond acceptors (Lipinski definition) is 4. The van der Waals surface area contributed by atoms with E-state index in [4.69, 9.17) is 27.4 Å². The number of methoxy groups -OCH3 is 2. The average molecular weight is 308 g/mol. The topological polar surface area (TPSA) is 64.8 Å². The third-order valence-electron chi connectivity index (χ3n) is 3.48. The molecule has 1 saturated carbocycles. The Balaban J connectivity index is 2.24.